The molecule has 0 aliphatic carbocycles. The molecule has 90 valence electrons. The van der Waals surface area contributed by atoms with Crippen LogP contribution in [-0.2, 0) is 0 Å². The number of rotatable bonds is 2. The summed E-state index contributed by atoms with van der Waals surface area (Å²) in [6.45, 7) is 0.325. The minimum atomic E-state index is -0.103. The number of hydrogen-bond donors (Lipinski definition) is 2. The molecule has 0 aliphatic rings. The quantitative estimate of drug-likeness (QED) is 0.810. The van der Waals surface area contributed by atoms with Gasteiger partial charge in [-0.1, -0.05) is 24.0 Å². The lowest BCUT2D eigenvalue weighted by molar-refractivity contribution is 0.103. The van der Waals surface area contributed by atoms with Gasteiger partial charge < -0.3 is 11.1 Å². The van der Waals surface area contributed by atoms with Crippen molar-refractivity contribution in [1.29, 1.82) is 0 Å². The summed E-state index contributed by atoms with van der Waals surface area (Å²) in [4.78, 5) is 12.5. The predicted octanol–water partition coefficient (Wildman–Crippen LogP) is 2.31. The molecular weight excluding hydrogens is 244 g/mol. The van der Waals surface area contributed by atoms with Gasteiger partial charge >= 0.3 is 0 Å². The van der Waals surface area contributed by atoms with Crippen LogP contribution in [0.1, 0.15) is 15.2 Å². The normalized spacial score (nSPS) is 9.39. The van der Waals surface area contributed by atoms with E-state index in [9.17, 15) is 4.79 Å². The second-order valence-corrected chi connectivity index (χ2v) is 4.47. The third-order valence-corrected chi connectivity index (χ3v) is 3.07. The number of carbonyl (C=O) groups excluding carboxylic acids is 1. The van der Waals surface area contributed by atoms with Crippen molar-refractivity contribution in [3.63, 3.8) is 0 Å². The lowest BCUT2D eigenvalue weighted by atomic mass is 10.2. The highest BCUT2D eigenvalue weighted by molar-refractivity contribution is 7.12. The Labute approximate surface area is 110 Å². The Bertz CT molecular complexity index is 594. The molecular formula is C14H12N2OS. The second-order valence-electron chi connectivity index (χ2n) is 3.52. The number of anilines is 1. The van der Waals surface area contributed by atoms with Crippen LogP contribution >= 0.6 is 11.3 Å². The minimum absolute atomic E-state index is 0.103. The molecule has 2 rings (SSSR count). The van der Waals surface area contributed by atoms with Crippen molar-refractivity contribution in [1.82, 2.24) is 0 Å². The molecule has 0 aliphatic heterocycles. The summed E-state index contributed by atoms with van der Waals surface area (Å²) in [5.74, 6) is 5.61. The number of thiophene rings is 1. The molecule has 1 aromatic heterocycles. The molecule has 0 atom stereocenters. The smallest absolute Gasteiger partial charge is 0.265 e. The van der Waals surface area contributed by atoms with Crippen LogP contribution in [0.5, 0.6) is 0 Å². The highest BCUT2D eigenvalue weighted by Crippen LogP contribution is 2.14. The average molecular weight is 256 g/mol. The van der Waals surface area contributed by atoms with E-state index in [1.54, 1.807) is 6.07 Å². The Hall–Kier alpha value is -2.09. The fourth-order valence-corrected chi connectivity index (χ4v) is 2.05. The van der Waals surface area contributed by atoms with Crippen LogP contribution in [0.3, 0.4) is 0 Å². The van der Waals surface area contributed by atoms with Gasteiger partial charge in [0.1, 0.15) is 0 Å². The molecule has 0 radical (unpaired) electrons. The van der Waals surface area contributed by atoms with Crippen molar-refractivity contribution < 1.29 is 4.79 Å². The maximum Gasteiger partial charge on any atom is 0.265 e. The van der Waals surface area contributed by atoms with Gasteiger partial charge in [-0.25, -0.2) is 0 Å². The standard InChI is InChI=1S/C14H12N2OS/c15-8-2-5-11-4-1-6-12(10-11)16-14(17)13-7-3-9-18-13/h1,3-4,6-7,9-10H,8,15H2,(H,16,17). The molecule has 1 aromatic carbocycles. The van der Waals surface area contributed by atoms with E-state index in [4.69, 9.17) is 5.73 Å². The Morgan fingerprint density at radius 3 is 2.94 bits per heavy atom. The molecule has 2 aromatic rings. The average Bonchev–Trinajstić information content (AvgIpc) is 2.91. The number of nitrogens with one attached hydrogen (secondary N) is 1. The molecule has 1 amide bonds. The first-order valence-corrected chi connectivity index (χ1v) is 6.31. The predicted molar refractivity (Wildman–Crippen MR) is 74.6 cm³/mol. The molecule has 0 spiro atoms. The van der Waals surface area contributed by atoms with Crippen LogP contribution in [0, 0.1) is 11.8 Å². The largest absolute Gasteiger partial charge is 0.321 e. The zero-order valence-corrected chi connectivity index (χ0v) is 10.5. The van der Waals surface area contributed by atoms with Crippen LogP contribution in [0.25, 0.3) is 0 Å². The Kier molecular flexibility index (Phi) is 4.13. The van der Waals surface area contributed by atoms with Crippen LogP contribution in [0.2, 0.25) is 0 Å². The van der Waals surface area contributed by atoms with Crippen molar-refractivity contribution in [2.75, 3.05) is 11.9 Å². The summed E-state index contributed by atoms with van der Waals surface area (Å²) < 4.78 is 0. The number of nitrogens with two attached hydrogens (primary N) is 1. The van der Waals surface area contributed by atoms with Gasteiger partial charge in [-0.2, -0.15) is 0 Å². The van der Waals surface area contributed by atoms with Crippen molar-refractivity contribution in [2.45, 2.75) is 0 Å². The van der Waals surface area contributed by atoms with Gasteiger partial charge in [-0.15, -0.1) is 11.3 Å². The van der Waals surface area contributed by atoms with Crippen molar-refractivity contribution in [3.8, 4) is 11.8 Å². The molecule has 3 nitrogen and oxygen atoms in total. The van der Waals surface area contributed by atoms with Crippen molar-refractivity contribution >= 4 is 22.9 Å². The molecule has 0 saturated heterocycles. The molecule has 1 heterocycles. The van der Waals surface area contributed by atoms with Crippen LogP contribution in [0.15, 0.2) is 41.8 Å². The fourth-order valence-electron chi connectivity index (χ4n) is 1.43. The highest BCUT2D eigenvalue weighted by atomic mass is 32.1. The van der Waals surface area contributed by atoms with Gasteiger partial charge in [0, 0.05) is 11.3 Å². The van der Waals surface area contributed by atoms with Crippen LogP contribution < -0.4 is 11.1 Å². The first kappa shape index (κ1) is 12.4. The van der Waals surface area contributed by atoms with Crippen LogP contribution in [-0.4, -0.2) is 12.5 Å². The maximum absolute atomic E-state index is 11.8. The van der Waals surface area contributed by atoms with Crippen molar-refractivity contribution in [2.24, 2.45) is 5.73 Å². The number of hydrogen-bond acceptors (Lipinski definition) is 3. The van der Waals surface area contributed by atoms with E-state index in [-0.39, 0.29) is 5.91 Å². The van der Waals surface area contributed by atoms with E-state index < -0.39 is 0 Å². The van der Waals surface area contributed by atoms with Crippen LogP contribution in [0.4, 0.5) is 5.69 Å². The SMILES string of the molecule is NCC#Cc1cccc(NC(=O)c2cccs2)c1. The summed E-state index contributed by atoms with van der Waals surface area (Å²) in [5.41, 5.74) is 6.89. The fraction of sp³-hybridized carbons (Fsp3) is 0.0714. The number of carbonyl (C=O) groups is 1. The summed E-state index contributed by atoms with van der Waals surface area (Å²) in [7, 11) is 0. The first-order valence-electron chi connectivity index (χ1n) is 5.43. The van der Waals surface area contributed by atoms with E-state index in [0.717, 1.165) is 11.3 Å². The zero-order chi connectivity index (χ0) is 12.8. The molecule has 0 bridgehead atoms. The van der Waals surface area contributed by atoms with E-state index in [1.807, 2.05) is 35.7 Å². The molecule has 0 saturated carbocycles. The maximum atomic E-state index is 11.8. The number of benzene rings is 1. The van der Waals surface area contributed by atoms with E-state index >= 15 is 0 Å². The summed E-state index contributed by atoms with van der Waals surface area (Å²) in [6.07, 6.45) is 0. The van der Waals surface area contributed by atoms with Gasteiger partial charge in [0.15, 0.2) is 0 Å². The van der Waals surface area contributed by atoms with Gasteiger partial charge in [-0.05, 0) is 29.6 Å². The molecule has 0 fully saturated rings. The third kappa shape index (κ3) is 3.20. The molecule has 3 N–H and O–H groups in total. The Morgan fingerprint density at radius 1 is 1.33 bits per heavy atom. The monoisotopic (exact) mass is 256 g/mol. The lowest BCUT2D eigenvalue weighted by Crippen LogP contribution is -2.09. The molecule has 18 heavy (non-hydrogen) atoms. The summed E-state index contributed by atoms with van der Waals surface area (Å²) >= 11 is 1.41. The Balaban J connectivity index is 2.12. The van der Waals surface area contributed by atoms with E-state index in [2.05, 4.69) is 17.2 Å². The summed E-state index contributed by atoms with van der Waals surface area (Å²) in [6, 6.07) is 11.0. The van der Waals surface area contributed by atoms with Gasteiger partial charge in [0.25, 0.3) is 5.91 Å². The van der Waals surface area contributed by atoms with E-state index in [0.29, 0.717) is 11.4 Å². The summed E-state index contributed by atoms with van der Waals surface area (Å²) in [5, 5.41) is 4.71. The minimum Gasteiger partial charge on any atom is -0.321 e. The molecule has 0 unspecified atom stereocenters. The highest BCUT2D eigenvalue weighted by Gasteiger charge is 2.06. The van der Waals surface area contributed by atoms with Gasteiger partial charge in [0.05, 0.1) is 11.4 Å². The first-order chi connectivity index (χ1) is 8.79. The molecule has 4 heteroatoms. The zero-order valence-electron chi connectivity index (χ0n) is 9.64. The Morgan fingerprint density at radius 2 is 2.22 bits per heavy atom. The van der Waals surface area contributed by atoms with Crippen molar-refractivity contribution in [3.05, 3.63) is 52.2 Å². The lowest BCUT2D eigenvalue weighted by Gasteiger charge is -2.03. The topological polar surface area (TPSA) is 55.1 Å². The van der Waals surface area contributed by atoms with E-state index in [1.165, 1.54) is 11.3 Å². The third-order valence-electron chi connectivity index (χ3n) is 2.20. The van der Waals surface area contributed by atoms with Gasteiger partial charge in [-0.3, -0.25) is 4.79 Å². The van der Waals surface area contributed by atoms with Gasteiger partial charge in [0.2, 0.25) is 0 Å². The second kappa shape index (κ2) is 6.01. The number of amides is 1.